The van der Waals surface area contributed by atoms with Crippen LogP contribution in [0.3, 0.4) is 0 Å². The van der Waals surface area contributed by atoms with Crippen LogP contribution >= 0.6 is 0 Å². The summed E-state index contributed by atoms with van der Waals surface area (Å²) >= 11 is 0. The molecule has 2 unspecified atom stereocenters. The number of nitrogens with two attached hydrogens (primary N) is 2. The Hall–Kier alpha value is -0.610. The molecule has 0 heterocycles. The van der Waals surface area contributed by atoms with Crippen LogP contribution in [0.15, 0.2) is 0 Å². The molecule has 0 bridgehead atoms. The molecule has 0 amide bonds. The lowest BCUT2D eigenvalue weighted by Crippen LogP contribution is -2.39. The molecule has 1 fully saturated rings. The van der Waals surface area contributed by atoms with Crippen LogP contribution in [0.5, 0.6) is 0 Å². The molecule has 0 aliphatic heterocycles. The van der Waals surface area contributed by atoms with Gasteiger partial charge in [-0.1, -0.05) is 12.8 Å². The highest BCUT2D eigenvalue weighted by molar-refractivity contribution is 5.73. The summed E-state index contributed by atoms with van der Waals surface area (Å²) in [5.74, 6) is 4.22. The van der Waals surface area contributed by atoms with Crippen molar-refractivity contribution >= 4 is 5.97 Å². The summed E-state index contributed by atoms with van der Waals surface area (Å²) in [4.78, 5) is 15.1. The number of carbonyl (C=O) groups is 1. The van der Waals surface area contributed by atoms with Gasteiger partial charge in [0.2, 0.25) is 0 Å². The van der Waals surface area contributed by atoms with Crippen LogP contribution in [0.1, 0.15) is 25.7 Å². The van der Waals surface area contributed by atoms with E-state index in [1.54, 1.807) is 0 Å². The second-order valence-corrected chi connectivity index (χ2v) is 2.99. The molecule has 2 atom stereocenters. The number of hydrogen-bond donors (Lipinski definition) is 2. The van der Waals surface area contributed by atoms with Crippen molar-refractivity contribution in [3.63, 3.8) is 0 Å². The zero-order valence-electron chi connectivity index (χ0n) is 6.45. The van der Waals surface area contributed by atoms with Gasteiger partial charge in [0.05, 0.1) is 5.92 Å². The molecule has 0 aromatic heterocycles. The fraction of sp³-hybridized carbons (Fsp3) is 0.857. The van der Waals surface area contributed by atoms with E-state index in [4.69, 9.17) is 11.6 Å². The van der Waals surface area contributed by atoms with Crippen LogP contribution in [0.2, 0.25) is 0 Å². The number of hydrogen-bond acceptors (Lipinski definition) is 4. The summed E-state index contributed by atoms with van der Waals surface area (Å²) < 4.78 is 0. The van der Waals surface area contributed by atoms with Crippen LogP contribution in [-0.4, -0.2) is 12.0 Å². The van der Waals surface area contributed by atoms with Crippen LogP contribution in [0.4, 0.5) is 0 Å². The minimum absolute atomic E-state index is 0.0557. The van der Waals surface area contributed by atoms with Gasteiger partial charge in [-0.25, -0.2) is 0 Å². The Morgan fingerprint density at radius 1 is 1.36 bits per heavy atom. The third-order valence-corrected chi connectivity index (χ3v) is 2.24. The largest absolute Gasteiger partial charge is 0.373 e. The standard InChI is InChI=1S/C7H14N2O2/c8-6-4-2-1-3-5(6)7(10)11-9/h5-6H,1-4,8-9H2. The van der Waals surface area contributed by atoms with Crippen LogP contribution in [-0.2, 0) is 9.63 Å². The van der Waals surface area contributed by atoms with E-state index in [0.717, 1.165) is 25.7 Å². The summed E-state index contributed by atoms with van der Waals surface area (Å²) in [7, 11) is 0. The van der Waals surface area contributed by atoms with Crippen molar-refractivity contribution in [2.24, 2.45) is 17.5 Å². The van der Waals surface area contributed by atoms with Gasteiger partial charge in [0.1, 0.15) is 0 Å². The molecular formula is C7H14N2O2. The highest BCUT2D eigenvalue weighted by Crippen LogP contribution is 2.23. The van der Waals surface area contributed by atoms with E-state index in [-0.39, 0.29) is 17.9 Å². The van der Waals surface area contributed by atoms with E-state index in [2.05, 4.69) is 4.84 Å². The molecule has 1 aliphatic carbocycles. The van der Waals surface area contributed by atoms with E-state index < -0.39 is 0 Å². The molecule has 0 aromatic rings. The van der Waals surface area contributed by atoms with Crippen LogP contribution in [0, 0.1) is 5.92 Å². The minimum atomic E-state index is -0.364. The summed E-state index contributed by atoms with van der Waals surface area (Å²) in [5, 5.41) is 0. The van der Waals surface area contributed by atoms with Gasteiger partial charge < -0.3 is 10.6 Å². The van der Waals surface area contributed by atoms with Gasteiger partial charge in [-0.15, -0.1) is 0 Å². The van der Waals surface area contributed by atoms with Gasteiger partial charge >= 0.3 is 5.97 Å². The first kappa shape index (κ1) is 8.49. The molecule has 0 radical (unpaired) electrons. The van der Waals surface area contributed by atoms with Gasteiger partial charge in [0.25, 0.3) is 0 Å². The highest BCUT2D eigenvalue weighted by atomic mass is 16.7. The van der Waals surface area contributed by atoms with Gasteiger partial charge in [0, 0.05) is 6.04 Å². The fourth-order valence-electron chi connectivity index (χ4n) is 1.54. The Morgan fingerprint density at radius 3 is 2.55 bits per heavy atom. The first-order valence-electron chi connectivity index (χ1n) is 3.92. The molecule has 0 aromatic carbocycles. The van der Waals surface area contributed by atoms with Crippen molar-refractivity contribution in [2.45, 2.75) is 31.7 Å². The van der Waals surface area contributed by atoms with Crippen LogP contribution in [0.25, 0.3) is 0 Å². The van der Waals surface area contributed by atoms with E-state index in [9.17, 15) is 4.79 Å². The van der Waals surface area contributed by atoms with Crippen molar-refractivity contribution in [1.29, 1.82) is 0 Å². The lowest BCUT2D eigenvalue weighted by atomic mass is 9.85. The predicted molar refractivity (Wildman–Crippen MR) is 40.2 cm³/mol. The minimum Gasteiger partial charge on any atom is -0.373 e. The van der Waals surface area contributed by atoms with Crippen molar-refractivity contribution < 1.29 is 9.63 Å². The lowest BCUT2D eigenvalue weighted by Gasteiger charge is -2.25. The SMILES string of the molecule is NOC(=O)C1CCCCC1N. The Bertz CT molecular complexity index is 149. The third kappa shape index (κ3) is 1.91. The third-order valence-electron chi connectivity index (χ3n) is 2.24. The van der Waals surface area contributed by atoms with Gasteiger partial charge in [-0.05, 0) is 12.8 Å². The van der Waals surface area contributed by atoms with E-state index in [0.29, 0.717) is 0 Å². The maximum Gasteiger partial charge on any atom is 0.329 e. The van der Waals surface area contributed by atoms with E-state index in [1.807, 2.05) is 0 Å². The van der Waals surface area contributed by atoms with Gasteiger partial charge in [-0.2, -0.15) is 5.90 Å². The smallest absolute Gasteiger partial charge is 0.329 e. The summed E-state index contributed by atoms with van der Waals surface area (Å²) in [6, 6.07) is -0.0557. The summed E-state index contributed by atoms with van der Waals surface area (Å²) in [5.41, 5.74) is 5.70. The molecule has 0 saturated heterocycles. The van der Waals surface area contributed by atoms with Crippen molar-refractivity contribution in [3.8, 4) is 0 Å². The average Bonchev–Trinajstić information content (AvgIpc) is 2.04. The van der Waals surface area contributed by atoms with E-state index >= 15 is 0 Å². The van der Waals surface area contributed by atoms with Crippen molar-refractivity contribution in [1.82, 2.24) is 0 Å². The molecule has 0 spiro atoms. The van der Waals surface area contributed by atoms with Crippen molar-refractivity contribution in [3.05, 3.63) is 0 Å². The molecule has 4 N–H and O–H groups in total. The maximum atomic E-state index is 11.0. The second-order valence-electron chi connectivity index (χ2n) is 2.99. The zero-order chi connectivity index (χ0) is 8.27. The molecular weight excluding hydrogens is 144 g/mol. The molecule has 1 rings (SSSR count). The second kappa shape index (κ2) is 3.69. The molecule has 11 heavy (non-hydrogen) atoms. The molecule has 4 nitrogen and oxygen atoms in total. The Morgan fingerprint density at radius 2 is 2.00 bits per heavy atom. The summed E-state index contributed by atoms with van der Waals surface area (Å²) in [6.45, 7) is 0. The average molecular weight is 158 g/mol. The predicted octanol–water partition coefficient (Wildman–Crippen LogP) is -0.0792. The van der Waals surface area contributed by atoms with Crippen LogP contribution < -0.4 is 11.6 Å². The van der Waals surface area contributed by atoms with Gasteiger partial charge in [0.15, 0.2) is 0 Å². The molecule has 64 valence electrons. The Labute approximate surface area is 65.8 Å². The number of rotatable bonds is 1. The summed E-state index contributed by atoms with van der Waals surface area (Å²) in [6.07, 6.45) is 3.87. The maximum absolute atomic E-state index is 11.0. The molecule has 4 heteroatoms. The topological polar surface area (TPSA) is 78.3 Å². The normalized spacial score (nSPS) is 31.5. The zero-order valence-corrected chi connectivity index (χ0v) is 6.45. The van der Waals surface area contributed by atoms with Gasteiger partial charge in [-0.3, -0.25) is 4.79 Å². The Kier molecular flexibility index (Phi) is 2.84. The quantitative estimate of drug-likeness (QED) is 0.523. The fourth-order valence-corrected chi connectivity index (χ4v) is 1.54. The lowest BCUT2D eigenvalue weighted by molar-refractivity contribution is -0.150. The Balaban J connectivity index is 2.47. The first-order valence-corrected chi connectivity index (χ1v) is 3.92. The van der Waals surface area contributed by atoms with Crippen molar-refractivity contribution in [2.75, 3.05) is 0 Å². The molecule has 1 aliphatic rings. The molecule has 1 saturated carbocycles. The van der Waals surface area contributed by atoms with E-state index in [1.165, 1.54) is 0 Å². The number of carbonyl (C=O) groups excluding carboxylic acids is 1. The highest BCUT2D eigenvalue weighted by Gasteiger charge is 2.29. The monoisotopic (exact) mass is 158 g/mol. The first-order chi connectivity index (χ1) is 5.25.